The van der Waals surface area contributed by atoms with Crippen LogP contribution in [-0.4, -0.2) is 4.98 Å². The van der Waals surface area contributed by atoms with E-state index in [9.17, 15) is 0 Å². The molecule has 0 aliphatic carbocycles. The van der Waals surface area contributed by atoms with Crippen molar-refractivity contribution in [2.75, 3.05) is 0 Å². The first-order valence-electron chi connectivity index (χ1n) is 2.18. The summed E-state index contributed by atoms with van der Waals surface area (Å²) < 4.78 is 0. The summed E-state index contributed by atoms with van der Waals surface area (Å²) in [6, 6.07) is 3.77. The van der Waals surface area contributed by atoms with Gasteiger partial charge in [-0.3, -0.25) is 0 Å². The molecule has 0 saturated heterocycles. The van der Waals surface area contributed by atoms with Crippen LogP contribution in [-0.2, 0) is 20.4 Å². The summed E-state index contributed by atoms with van der Waals surface area (Å²) in [6.45, 7) is 2.00. The quantitative estimate of drug-likeness (QED) is 0.650. The average molecular weight is 278 g/mol. The van der Waals surface area contributed by atoms with Crippen molar-refractivity contribution in [2.45, 2.75) is 6.92 Å². The van der Waals surface area contributed by atoms with Gasteiger partial charge in [-0.05, 0) is 0 Å². The Balaban J connectivity index is 0.000000490. The SMILES string of the molecule is Cc1cc[c-]nc1.[Re]. The number of hydrogen-bond donors (Lipinski definition) is 0. The fourth-order valence-corrected chi connectivity index (χ4v) is 0.394. The summed E-state index contributed by atoms with van der Waals surface area (Å²) in [5.74, 6) is 0. The van der Waals surface area contributed by atoms with Gasteiger partial charge >= 0.3 is 0 Å². The van der Waals surface area contributed by atoms with E-state index in [0.717, 1.165) is 0 Å². The van der Waals surface area contributed by atoms with Gasteiger partial charge in [0.1, 0.15) is 0 Å². The molecule has 2 heteroatoms. The molecule has 0 aromatic carbocycles. The fourth-order valence-electron chi connectivity index (χ4n) is 0.394. The van der Waals surface area contributed by atoms with Gasteiger partial charge in [-0.15, -0.1) is 5.56 Å². The smallest absolute Gasteiger partial charge is 0 e. The van der Waals surface area contributed by atoms with Gasteiger partial charge in [0.15, 0.2) is 0 Å². The van der Waals surface area contributed by atoms with Gasteiger partial charge in [0.25, 0.3) is 0 Å². The minimum atomic E-state index is 0. The van der Waals surface area contributed by atoms with Crippen molar-refractivity contribution in [2.24, 2.45) is 0 Å². The Hall–Kier alpha value is -0.188. The van der Waals surface area contributed by atoms with E-state index in [0.29, 0.717) is 0 Å². The molecule has 1 heterocycles. The third kappa shape index (κ3) is 2.21. The Kier molecular flexibility index (Phi) is 3.68. The summed E-state index contributed by atoms with van der Waals surface area (Å²) in [6.07, 6.45) is 4.46. The molecule has 0 aliphatic heterocycles. The normalized spacial score (nSPS) is 7.62. The molecule has 0 unspecified atom stereocenters. The largest absolute Gasteiger partial charge is 0.394 e. The first-order chi connectivity index (χ1) is 3.39. The van der Waals surface area contributed by atoms with Crippen molar-refractivity contribution >= 4 is 0 Å². The third-order valence-corrected chi connectivity index (χ3v) is 0.763. The molecule has 1 nitrogen and oxygen atoms in total. The van der Waals surface area contributed by atoms with Crippen LogP contribution in [0.3, 0.4) is 0 Å². The second-order valence-corrected chi connectivity index (χ2v) is 1.46. The molecule has 43 valence electrons. The van der Waals surface area contributed by atoms with Crippen molar-refractivity contribution in [3.05, 3.63) is 30.1 Å². The molecule has 0 fully saturated rings. The molecule has 1 rings (SSSR count). The molecular weight excluding hydrogens is 272 g/mol. The number of aryl methyl sites for hydroxylation is 1. The van der Waals surface area contributed by atoms with E-state index in [-0.39, 0.29) is 20.4 Å². The van der Waals surface area contributed by atoms with Crippen molar-refractivity contribution < 1.29 is 20.4 Å². The Morgan fingerprint density at radius 1 is 1.62 bits per heavy atom. The first kappa shape index (κ1) is 7.81. The standard InChI is InChI=1S/C6H6N.Re/c1-6-3-2-4-7-5-6;/h2-3,5H,1H3;/q-1;. The van der Waals surface area contributed by atoms with E-state index < -0.39 is 0 Å². The van der Waals surface area contributed by atoms with Gasteiger partial charge in [-0.1, -0.05) is 19.3 Å². The van der Waals surface area contributed by atoms with Crippen LogP contribution in [0.2, 0.25) is 0 Å². The molecule has 0 atom stereocenters. The molecule has 1 radical (unpaired) electrons. The minimum Gasteiger partial charge on any atom is -0.394 e. The Labute approximate surface area is 62.8 Å². The topological polar surface area (TPSA) is 12.9 Å². The van der Waals surface area contributed by atoms with Gasteiger partial charge in [0.05, 0.1) is 0 Å². The van der Waals surface area contributed by atoms with E-state index in [2.05, 4.69) is 11.2 Å². The predicted octanol–water partition coefficient (Wildman–Crippen LogP) is 1.19. The third-order valence-electron chi connectivity index (χ3n) is 0.763. The van der Waals surface area contributed by atoms with Gasteiger partial charge in [-0.25, -0.2) is 0 Å². The maximum atomic E-state index is 3.76. The minimum absolute atomic E-state index is 0. The number of hydrogen-bond acceptors (Lipinski definition) is 1. The molecule has 0 saturated carbocycles. The molecule has 8 heavy (non-hydrogen) atoms. The number of rotatable bonds is 0. The maximum Gasteiger partial charge on any atom is 0 e. The summed E-state index contributed by atoms with van der Waals surface area (Å²) >= 11 is 0. The van der Waals surface area contributed by atoms with Crippen LogP contribution in [0.5, 0.6) is 0 Å². The van der Waals surface area contributed by atoms with Crippen LogP contribution in [0.25, 0.3) is 0 Å². The zero-order valence-corrected chi connectivity index (χ0v) is 7.27. The summed E-state index contributed by atoms with van der Waals surface area (Å²) in [5.41, 5.74) is 1.18. The average Bonchev–Trinajstić information content (AvgIpc) is 1.69. The monoisotopic (exact) mass is 279 g/mol. The second kappa shape index (κ2) is 3.77. The molecule has 1 aromatic rings. The molecule has 0 spiro atoms. The summed E-state index contributed by atoms with van der Waals surface area (Å²) in [4.78, 5) is 3.76. The molecular formula is C6H6NRe-. The van der Waals surface area contributed by atoms with Gasteiger partial charge in [-0.2, -0.15) is 12.1 Å². The number of aromatic nitrogens is 1. The van der Waals surface area contributed by atoms with Gasteiger partial charge in [0, 0.05) is 20.4 Å². The van der Waals surface area contributed by atoms with E-state index in [4.69, 9.17) is 0 Å². The molecule has 0 bridgehead atoms. The summed E-state index contributed by atoms with van der Waals surface area (Å²) in [5, 5.41) is 0. The summed E-state index contributed by atoms with van der Waals surface area (Å²) in [7, 11) is 0. The van der Waals surface area contributed by atoms with Gasteiger partial charge in [0.2, 0.25) is 0 Å². The molecule has 0 amide bonds. The van der Waals surface area contributed by atoms with E-state index in [1.165, 1.54) is 5.56 Å². The fraction of sp³-hybridized carbons (Fsp3) is 0.167. The maximum absolute atomic E-state index is 3.76. The van der Waals surface area contributed by atoms with Crippen LogP contribution < -0.4 is 0 Å². The Bertz CT molecular complexity index is 138. The van der Waals surface area contributed by atoms with E-state index in [1.807, 2.05) is 13.0 Å². The van der Waals surface area contributed by atoms with Crippen molar-refractivity contribution in [1.29, 1.82) is 0 Å². The van der Waals surface area contributed by atoms with Crippen LogP contribution in [0.15, 0.2) is 18.3 Å². The first-order valence-corrected chi connectivity index (χ1v) is 2.18. The van der Waals surface area contributed by atoms with Crippen molar-refractivity contribution in [3.8, 4) is 0 Å². The van der Waals surface area contributed by atoms with Gasteiger partial charge < -0.3 is 4.98 Å². The second-order valence-electron chi connectivity index (χ2n) is 1.46. The van der Waals surface area contributed by atoms with E-state index >= 15 is 0 Å². The number of nitrogens with zero attached hydrogens (tertiary/aromatic N) is 1. The van der Waals surface area contributed by atoms with Crippen LogP contribution >= 0.6 is 0 Å². The molecule has 0 N–H and O–H groups in total. The Morgan fingerprint density at radius 2 is 2.38 bits per heavy atom. The molecule has 1 aromatic heterocycles. The van der Waals surface area contributed by atoms with Crippen molar-refractivity contribution in [1.82, 2.24) is 4.98 Å². The Morgan fingerprint density at radius 3 is 2.62 bits per heavy atom. The predicted molar refractivity (Wildman–Crippen MR) is 27.8 cm³/mol. The van der Waals surface area contributed by atoms with Crippen LogP contribution in [0, 0.1) is 13.1 Å². The van der Waals surface area contributed by atoms with Crippen molar-refractivity contribution in [3.63, 3.8) is 0 Å². The van der Waals surface area contributed by atoms with Crippen LogP contribution in [0.1, 0.15) is 5.56 Å². The number of pyridine rings is 1. The van der Waals surface area contributed by atoms with E-state index in [1.54, 1.807) is 12.3 Å². The molecule has 0 aliphatic rings. The zero-order valence-electron chi connectivity index (χ0n) is 4.56. The van der Waals surface area contributed by atoms with Crippen LogP contribution in [0.4, 0.5) is 0 Å². The zero-order chi connectivity index (χ0) is 5.11.